The number of rotatable bonds is 0. The Morgan fingerprint density at radius 2 is 2.07 bits per heavy atom. The van der Waals surface area contributed by atoms with Crippen LogP contribution < -0.4 is 15.4 Å². The van der Waals surface area contributed by atoms with Crippen LogP contribution in [0.3, 0.4) is 0 Å². The zero-order valence-electron chi connectivity index (χ0n) is 15.5. The Labute approximate surface area is 158 Å². The van der Waals surface area contributed by atoms with Gasteiger partial charge in [0.2, 0.25) is 0 Å². The number of ether oxygens (including phenoxy) is 1. The van der Waals surface area contributed by atoms with Gasteiger partial charge < -0.3 is 15.4 Å². The van der Waals surface area contributed by atoms with Gasteiger partial charge in [0.15, 0.2) is 5.65 Å². The van der Waals surface area contributed by atoms with E-state index >= 15 is 0 Å². The van der Waals surface area contributed by atoms with E-state index in [1.54, 1.807) is 0 Å². The minimum atomic E-state index is 0.371. The minimum Gasteiger partial charge on any atom is -0.492 e. The van der Waals surface area contributed by atoms with Gasteiger partial charge in [-0.2, -0.15) is 5.10 Å². The average molecular weight is 364 g/mol. The molecule has 5 rings (SSSR count). The van der Waals surface area contributed by atoms with Crippen molar-refractivity contribution in [3.63, 3.8) is 0 Å². The van der Waals surface area contributed by atoms with Crippen molar-refractivity contribution < 1.29 is 4.74 Å². The smallest absolute Gasteiger partial charge is 0.165 e. The molecule has 1 fully saturated rings. The standard InChI is InChI=1S/C20H24N6O/c1-14-2-3-16-10-17(14)18-12-23-26-7-4-19(24-20(18)26)22-6-9-25-8-5-21-11-15(25)13-27-16/h2-4,7,10,12,15,21H,5-6,8-9,11,13H2,1H3,(H,22,24)/t15-/m0/s1. The highest BCUT2D eigenvalue weighted by Gasteiger charge is 2.23. The van der Waals surface area contributed by atoms with Gasteiger partial charge in [-0.25, -0.2) is 9.50 Å². The summed E-state index contributed by atoms with van der Waals surface area (Å²) >= 11 is 0. The zero-order valence-corrected chi connectivity index (χ0v) is 15.5. The van der Waals surface area contributed by atoms with Crippen molar-refractivity contribution in [1.82, 2.24) is 24.8 Å². The summed E-state index contributed by atoms with van der Waals surface area (Å²) in [5, 5.41) is 11.4. The third-order valence-electron chi connectivity index (χ3n) is 5.49. The van der Waals surface area contributed by atoms with Crippen LogP contribution in [0.4, 0.5) is 5.82 Å². The Hall–Kier alpha value is -2.64. The van der Waals surface area contributed by atoms with Gasteiger partial charge in [0.1, 0.15) is 18.2 Å². The molecule has 2 aliphatic rings. The summed E-state index contributed by atoms with van der Waals surface area (Å²) in [5.74, 6) is 1.78. The van der Waals surface area contributed by atoms with Crippen LogP contribution in [-0.2, 0) is 0 Å². The SMILES string of the molecule is Cc1ccc2cc1-c1cnn3ccc(nc13)NCCN1CCNC[C@H]1CO2. The second kappa shape index (κ2) is 6.83. The quantitative estimate of drug-likeness (QED) is 0.634. The molecule has 0 saturated carbocycles. The molecule has 2 aromatic heterocycles. The van der Waals surface area contributed by atoms with E-state index in [9.17, 15) is 0 Å². The molecular formula is C20H24N6O. The Morgan fingerprint density at radius 3 is 3.04 bits per heavy atom. The Bertz CT molecular complexity index is 968. The normalized spacial score (nSPS) is 20.6. The van der Waals surface area contributed by atoms with Crippen molar-refractivity contribution in [3.05, 3.63) is 42.2 Å². The maximum atomic E-state index is 6.19. The molecule has 3 aromatic rings. The molecule has 2 N–H and O–H groups in total. The van der Waals surface area contributed by atoms with Crippen molar-refractivity contribution in [1.29, 1.82) is 0 Å². The van der Waals surface area contributed by atoms with E-state index in [1.807, 2.05) is 23.0 Å². The van der Waals surface area contributed by atoms with Crippen LogP contribution in [0.1, 0.15) is 5.56 Å². The number of benzene rings is 1. The summed E-state index contributed by atoms with van der Waals surface area (Å²) in [7, 11) is 0. The van der Waals surface area contributed by atoms with Crippen LogP contribution in [0.2, 0.25) is 0 Å². The Kier molecular flexibility index (Phi) is 4.18. The number of aryl methyl sites for hydroxylation is 1. The molecular weight excluding hydrogens is 340 g/mol. The van der Waals surface area contributed by atoms with Crippen LogP contribution in [0.5, 0.6) is 5.75 Å². The molecule has 0 aliphatic carbocycles. The van der Waals surface area contributed by atoms with E-state index in [0.717, 1.165) is 61.1 Å². The number of hydrogen-bond acceptors (Lipinski definition) is 6. The Morgan fingerprint density at radius 1 is 1.15 bits per heavy atom. The molecule has 7 heteroatoms. The number of aromatic nitrogens is 3. The van der Waals surface area contributed by atoms with Gasteiger partial charge in [-0.15, -0.1) is 0 Å². The van der Waals surface area contributed by atoms with Crippen LogP contribution in [-0.4, -0.2) is 64.9 Å². The van der Waals surface area contributed by atoms with Crippen LogP contribution >= 0.6 is 0 Å². The van der Waals surface area contributed by atoms with Crippen LogP contribution in [0, 0.1) is 6.92 Å². The van der Waals surface area contributed by atoms with Gasteiger partial charge in [-0.05, 0) is 36.2 Å². The van der Waals surface area contributed by atoms with Gasteiger partial charge in [0.05, 0.1) is 12.2 Å². The highest BCUT2D eigenvalue weighted by molar-refractivity contribution is 5.80. The number of piperazine rings is 1. The molecule has 0 radical (unpaired) electrons. The molecule has 0 amide bonds. The van der Waals surface area contributed by atoms with E-state index in [1.165, 1.54) is 5.56 Å². The second-order valence-corrected chi connectivity index (χ2v) is 7.25. The maximum absolute atomic E-state index is 6.19. The monoisotopic (exact) mass is 364 g/mol. The summed E-state index contributed by atoms with van der Waals surface area (Å²) in [6, 6.07) is 8.63. The molecule has 4 heterocycles. The zero-order chi connectivity index (χ0) is 18.2. The highest BCUT2D eigenvalue weighted by atomic mass is 16.5. The van der Waals surface area contributed by atoms with Crippen molar-refractivity contribution >= 4 is 11.5 Å². The first-order chi connectivity index (χ1) is 13.3. The molecule has 140 valence electrons. The molecule has 27 heavy (non-hydrogen) atoms. The molecule has 0 spiro atoms. The minimum absolute atomic E-state index is 0.371. The summed E-state index contributed by atoms with van der Waals surface area (Å²) < 4.78 is 8.02. The van der Waals surface area contributed by atoms with Crippen molar-refractivity contribution in [2.24, 2.45) is 0 Å². The molecule has 7 nitrogen and oxygen atoms in total. The molecule has 2 aliphatic heterocycles. The number of nitrogens with zero attached hydrogens (tertiary/aromatic N) is 4. The lowest BCUT2D eigenvalue weighted by Crippen LogP contribution is -2.54. The summed E-state index contributed by atoms with van der Waals surface area (Å²) in [6.07, 6.45) is 3.85. The lowest BCUT2D eigenvalue weighted by Gasteiger charge is -2.36. The molecule has 4 bridgehead atoms. The van der Waals surface area contributed by atoms with E-state index in [-0.39, 0.29) is 0 Å². The predicted octanol–water partition coefficient (Wildman–Crippen LogP) is 1.78. The fourth-order valence-electron chi connectivity index (χ4n) is 3.92. The van der Waals surface area contributed by atoms with Crippen molar-refractivity contribution in [2.75, 3.05) is 44.6 Å². The average Bonchev–Trinajstić information content (AvgIpc) is 3.11. The molecule has 1 aromatic carbocycles. The number of anilines is 1. The van der Waals surface area contributed by atoms with Crippen molar-refractivity contribution in [3.8, 4) is 16.9 Å². The topological polar surface area (TPSA) is 66.7 Å². The van der Waals surface area contributed by atoms with Gasteiger partial charge in [0.25, 0.3) is 0 Å². The highest BCUT2D eigenvalue weighted by Crippen LogP contribution is 2.30. The number of hydrogen-bond donors (Lipinski definition) is 2. The summed E-state index contributed by atoms with van der Waals surface area (Å²) in [4.78, 5) is 7.31. The summed E-state index contributed by atoms with van der Waals surface area (Å²) in [6.45, 7) is 7.63. The third-order valence-corrected chi connectivity index (χ3v) is 5.49. The summed E-state index contributed by atoms with van der Waals surface area (Å²) in [5.41, 5.74) is 4.19. The van der Waals surface area contributed by atoms with Crippen molar-refractivity contribution in [2.45, 2.75) is 13.0 Å². The first-order valence-corrected chi connectivity index (χ1v) is 9.55. The molecule has 1 saturated heterocycles. The third kappa shape index (κ3) is 3.13. The Balaban J connectivity index is 1.59. The first-order valence-electron chi connectivity index (χ1n) is 9.55. The van der Waals surface area contributed by atoms with Gasteiger partial charge in [-0.3, -0.25) is 4.90 Å². The fourth-order valence-corrected chi connectivity index (χ4v) is 3.92. The van der Waals surface area contributed by atoms with E-state index < -0.39 is 0 Å². The van der Waals surface area contributed by atoms with Gasteiger partial charge in [-0.1, -0.05) is 6.07 Å². The first kappa shape index (κ1) is 16.5. The fraction of sp³-hybridized carbons (Fsp3) is 0.400. The second-order valence-electron chi connectivity index (χ2n) is 7.25. The van der Waals surface area contributed by atoms with E-state index in [4.69, 9.17) is 9.72 Å². The number of nitrogens with one attached hydrogen (secondary N) is 2. The van der Waals surface area contributed by atoms with E-state index in [0.29, 0.717) is 12.6 Å². The van der Waals surface area contributed by atoms with E-state index in [2.05, 4.69) is 45.8 Å². The lowest BCUT2D eigenvalue weighted by atomic mass is 10.0. The lowest BCUT2D eigenvalue weighted by molar-refractivity contribution is 0.115. The number of fused-ring (bicyclic) bond motifs is 5. The largest absolute Gasteiger partial charge is 0.492 e. The predicted molar refractivity (Wildman–Crippen MR) is 105 cm³/mol. The molecule has 0 unspecified atom stereocenters. The van der Waals surface area contributed by atoms with Gasteiger partial charge >= 0.3 is 0 Å². The van der Waals surface area contributed by atoms with Gasteiger partial charge in [0, 0.05) is 44.5 Å². The molecule has 1 atom stereocenters. The van der Waals surface area contributed by atoms with Crippen LogP contribution in [0.25, 0.3) is 16.8 Å². The maximum Gasteiger partial charge on any atom is 0.165 e. The van der Waals surface area contributed by atoms with Crippen LogP contribution in [0.15, 0.2) is 36.7 Å².